The van der Waals surface area contributed by atoms with E-state index >= 15 is 0 Å². The average molecular weight is 405 g/mol. The number of anilines is 1. The van der Waals surface area contributed by atoms with E-state index in [1.165, 1.54) is 0 Å². The second-order valence-corrected chi connectivity index (χ2v) is 8.06. The Labute approximate surface area is 173 Å². The molecule has 0 spiro atoms. The van der Waals surface area contributed by atoms with E-state index in [-0.39, 0.29) is 5.43 Å². The minimum Gasteiger partial charge on any atom is -0.455 e. The first kappa shape index (κ1) is 18.2. The number of hydrogen-bond acceptors (Lipinski definition) is 4. The molecule has 0 amide bonds. The van der Waals surface area contributed by atoms with Crippen LogP contribution in [0, 0.1) is 0 Å². The lowest BCUT2D eigenvalue weighted by atomic mass is 10.1. The van der Waals surface area contributed by atoms with E-state index in [2.05, 4.69) is 22.9 Å². The van der Waals surface area contributed by atoms with E-state index in [1.54, 1.807) is 6.07 Å². The molecule has 0 radical (unpaired) electrons. The second kappa shape index (κ2) is 7.21. The highest BCUT2D eigenvalue weighted by Crippen LogP contribution is 2.32. The number of hydrogen-bond donors (Lipinski definition) is 0. The van der Waals surface area contributed by atoms with Crippen molar-refractivity contribution in [3.05, 3.63) is 75.9 Å². The van der Waals surface area contributed by atoms with Crippen molar-refractivity contribution in [3.63, 3.8) is 0 Å². The van der Waals surface area contributed by atoms with E-state index < -0.39 is 0 Å². The first-order valence-electron chi connectivity index (χ1n) is 9.78. The van der Waals surface area contributed by atoms with Crippen LogP contribution in [-0.4, -0.2) is 38.1 Å². The minimum atomic E-state index is -0.0480. The SMILES string of the molecule is CN1CCN(c2cc(Cl)cc(-c3cc(=O)c4ccc5ccccc5c4o3)c2)CC1. The predicted octanol–water partition coefficient (Wildman–Crippen LogP) is 5.02. The summed E-state index contributed by atoms with van der Waals surface area (Å²) >= 11 is 6.44. The molecule has 0 aliphatic carbocycles. The first-order valence-corrected chi connectivity index (χ1v) is 10.2. The summed E-state index contributed by atoms with van der Waals surface area (Å²) in [5.41, 5.74) is 2.44. The quantitative estimate of drug-likeness (QED) is 0.440. The average Bonchev–Trinajstić information content (AvgIpc) is 2.73. The van der Waals surface area contributed by atoms with Gasteiger partial charge in [0, 0.05) is 53.9 Å². The van der Waals surface area contributed by atoms with Crippen LogP contribution in [0.1, 0.15) is 0 Å². The summed E-state index contributed by atoms with van der Waals surface area (Å²) in [7, 11) is 2.13. The van der Waals surface area contributed by atoms with Crippen molar-refractivity contribution >= 4 is 39.0 Å². The monoisotopic (exact) mass is 404 g/mol. The first-order chi connectivity index (χ1) is 14.1. The van der Waals surface area contributed by atoms with Crippen molar-refractivity contribution in [3.8, 4) is 11.3 Å². The number of halogens is 1. The number of benzene rings is 3. The molecular weight excluding hydrogens is 384 g/mol. The molecular formula is C24H21ClN2O2. The van der Waals surface area contributed by atoms with Crippen molar-refractivity contribution in [2.24, 2.45) is 0 Å². The summed E-state index contributed by atoms with van der Waals surface area (Å²) < 4.78 is 6.27. The smallest absolute Gasteiger partial charge is 0.193 e. The maximum absolute atomic E-state index is 12.8. The molecule has 1 aliphatic rings. The lowest BCUT2D eigenvalue weighted by Crippen LogP contribution is -2.44. The molecule has 5 rings (SSSR count). The van der Waals surface area contributed by atoms with E-state index in [1.807, 2.05) is 48.5 Å². The lowest BCUT2D eigenvalue weighted by Gasteiger charge is -2.34. The highest BCUT2D eigenvalue weighted by Gasteiger charge is 2.17. The molecule has 0 N–H and O–H groups in total. The predicted molar refractivity (Wildman–Crippen MR) is 120 cm³/mol. The molecule has 1 saturated heterocycles. The van der Waals surface area contributed by atoms with Gasteiger partial charge in [-0.2, -0.15) is 0 Å². The van der Waals surface area contributed by atoms with Gasteiger partial charge in [-0.25, -0.2) is 0 Å². The van der Waals surface area contributed by atoms with Crippen molar-refractivity contribution < 1.29 is 4.42 Å². The Hall–Kier alpha value is -2.82. The number of piperazine rings is 1. The Balaban J connectivity index is 1.65. The summed E-state index contributed by atoms with van der Waals surface area (Å²) in [5, 5.41) is 3.21. The van der Waals surface area contributed by atoms with Crippen LogP contribution in [0.5, 0.6) is 0 Å². The maximum atomic E-state index is 12.8. The third-order valence-electron chi connectivity index (χ3n) is 5.65. The van der Waals surface area contributed by atoms with Gasteiger partial charge in [-0.05, 0) is 36.7 Å². The van der Waals surface area contributed by atoms with Crippen molar-refractivity contribution in [2.45, 2.75) is 0 Å². The fourth-order valence-corrected chi connectivity index (χ4v) is 4.22. The van der Waals surface area contributed by atoms with Crippen molar-refractivity contribution in [1.82, 2.24) is 4.90 Å². The van der Waals surface area contributed by atoms with E-state index in [9.17, 15) is 4.79 Å². The molecule has 0 saturated carbocycles. The molecule has 2 heterocycles. The molecule has 3 aromatic carbocycles. The standard InChI is InChI=1S/C24H21ClN2O2/c1-26-8-10-27(11-9-26)19-13-17(12-18(25)14-19)23-15-22(28)21-7-6-16-4-2-3-5-20(16)24(21)29-23/h2-7,12-15H,8-11H2,1H3. The van der Waals surface area contributed by atoms with Gasteiger partial charge in [-0.15, -0.1) is 0 Å². The topological polar surface area (TPSA) is 36.7 Å². The van der Waals surface area contributed by atoms with Crippen LogP contribution in [-0.2, 0) is 0 Å². The van der Waals surface area contributed by atoms with E-state index in [0.29, 0.717) is 21.8 Å². The number of likely N-dealkylation sites (N-methyl/N-ethyl adjacent to an activating group) is 1. The van der Waals surface area contributed by atoms with Crippen LogP contribution >= 0.6 is 11.6 Å². The van der Waals surface area contributed by atoms with Gasteiger partial charge in [0.2, 0.25) is 0 Å². The van der Waals surface area contributed by atoms with Crippen molar-refractivity contribution in [2.75, 3.05) is 38.1 Å². The van der Waals surface area contributed by atoms with Gasteiger partial charge in [-0.3, -0.25) is 4.79 Å². The van der Waals surface area contributed by atoms with E-state index in [4.69, 9.17) is 16.0 Å². The fraction of sp³-hybridized carbons (Fsp3) is 0.208. The molecule has 0 atom stereocenters. The number of rotatable bonds is 2. The Morgan fingerprint density at radius 3 is 2.52 bits per heavy atom. The van der Waals surface area contributed by atoms with Gasteiger partial charge in [-0.1, -0.05) is 41.9 Å². The van der Waals surface area contributed by atoms with Gasteiger partial charge < -0.3 is 14.2 Å². The molecule has 5 heteroatoms. The third kappa shape index (κ3) is 3.39. The Morgan fingerprint density at radius 1 is 0.897 bits per heavy atom. The normalized spacial score (nSPS) is 15.3. The number of nitrogens with zero attached hydrogens (tertiary/aromatic N) is 2. The van der Waals surface area contributed by atoms with Crippen LogP contribution in [0.3, 0.4) is 0 Å². The summed E-state index contributed by atoms with van der Waals surface area (Å²) in [6.07, 6.45) is 0. The van der Waals surface area contributed by atoms with Crippen LogP contribution in [0.4, 0.5) is 5.69 Å². The summed E-state index contributed by atoms with van der Waals surface area (Å²) in [6, 6.07) is 19.2. The molecule has 29 heavy (non-hydrogen) atoms. The van der Waals surface area contributed by atoms with Gasteiger partial charge >= 0.3 is 0 Å². The Kier molecular flexibility index (Phi) is 4.53. The highest BCUT2D eigenvalue weighted by atomic mass is 35.5. The molecule has 4 aromatic rings. The zero-order chi connectivity index (χ0) is 20.0. The minimum absolute atomic E-state index is 0.0480. The largest absolute Gasteiger partial charge is 0.455 e. The van der Waals surface area contributed by atoms with Crippen molar-refractivity contribution in [1.29, 1.82) is 0 Å². The Morgan fingerprint density at radius 2 is 1.69 bits per heavy atom. The van der Waals surface area contributed by atoms with Gasteiger partial charge in [0.15, 0.2) is 5.43 Å². The molecule has 0 unspecified atom stereocenters. The van der Waals surface area contributed by atoms with Crippen LogP contribution in [0.25, 0.3) is 33.1 Å². The molecule has 0 bridgehead atoms. The summed E-state index contributed by atoms with van der Waals surface area (Å²) in [5.74, 6) is 0.539. The lowest BCUT2D eigenvalue weighted by molar-refractivity contribution is 0.313. The molecule has 1 aliphatic heterocycles. The van der Waals surface area contributed by atoms with E-state index in [0.717, 1.165) is 48.2 Å². The zero-order valence-corrected chi connectivity index (χ0v) is 16.9. The number of fused-ring (bicyclic) bond motifs is 3. The molecule has 1 aromatic heterocycles. The van der Waals surface area contributed by atoms with Crippen LogP contribution < -0.4 is 10.3 Å². The molecule has 146 valence electrons. The van der Waals surface area contributed by atoms with Gasteiger partial charge in [0.05, 0.1) is 5.39 Å². The van der Waals surface area contributed by atoms with Gasteiger partial charge in [0.25, 0.3) is 0 Å². The Bertz CT molecular complexity index is 1270. The third-order valence-corrected chi connectivity index (χ3v) is 5.87. The highest BCUT2D eigenvalue weighted by molar-refractivity contribution is 6.31. The summed E-state index contributed by atoms with van der Waals surface area (Å²) in [4.78, 5) is 17.5. The van der Waals surface area contributed by atoms with Gasteiger partial charge in [0.1, 0.15) is 11.3 Å². The fourth-order valence-electron chi connectivity index (χ4n) is 3.99. The maximum Gasteiger partial charge on any atom is 0.193 e. The molecule has 1 fully saturated rings. The summed E-state index contributed by atoms with van der Waals surface area (Å²) in [6.45, 7) is 3.92. The zero-order valence-electron chi connectivity index (χ0n) is 16.2. The molecule has 4 nitrogen and oxygen atoms in total. The van der Waals surface area contributed by atoms with Crippen LogP contribution in [0.2, 0.25) is 5.02 Å². The van der Waals surface area contributed by atoms with Crippen LogP contribution in [0.15, 0.2) is 69.9 Å². The second-order valence-electron chi connectivity index (χ2n) is 7.63.